The average molecular weight is 357 g/mol. The van der Waals surface area contributed by atoms with Gasteiger partial charge in [-0.25, -0.2) is 9.97 Å². The molecule has 0 radical (unpaired) electrons. The van der Waals surface area contributed by atoms with E-state index in [4.69, 9.17) is 9.72 Å². The van der Waals surface area contributed by atoms with Gasteiger partial charge in [0.2, 0.25) is 0 Å². The third kappa shape index (κ3) is 4.65. The summed E-state index contributed by atoms with van der Waals surface area (Å²) in [5.41, 5.74) is 1.85. The quantitative estimate of drug-likeness (QED) is 0.820. The minimum absolute atomic E-state index is 0.179. The third-order valence-corrected chi connectivity index (χ3v) is 4.54. The van der Waals surface area contributed by atoms with Crippen molar-refractivity contribution in [3.05, 3.63) is 48.3 Å². The van der Waals surface area contributed by atoms with Gasteiger partial charge in [0.15, 0.2) is 5.82 Å². The first-order valence-electron chi connectivity index (χ1n) is 9.10. The molecule has 140 valence electrons. The molecular weight excluding hydrogens is 330 g/mol. The Hall–Kier alpha value is -1.86. The van der Waals surface area contributed by atoms with Crippen LogP contribution in [0.5, 0.6) is 0 Å². The molecule has 0 bridgehead atoms. The summed E-state index contributed by atoms with van der Waals surface area (Å²) in [4.78, 5) is 11.2. The Kier molecular flexibility index (Phi) is 6.32. The van der Waals surface area contributed by atoms with Crippen LogP contribution in [-0.2, 0) is 11.3 Å². The van der Waals surface area contributed by atoms with E-state index < -0.39 is 12.2 Å². The molecule has 6 nitrogen and oxygen atoms in total. The minimum Gasteiger partial charge on any atom is -0.389 e. The van der Waals surface area contributed by atoms with Gasteiger partial charge in [-0.2, -0.15) is 0 Å². The molecule has 6 heteroatoms. The second kappa shape index (κ2) is 8.68. The number of aliphatic hydroxyl groups is 2. The number of hydrogen-bond donors (Lipinski definition) is 2. The molecule has 0 aliphatic carbocycles. The van der Waals surface area contributed by atoms with E-state index in [1.165, 1.54) is 0 Å². The minimum atomic E-state index is -0.853. The monoisotopic (exact) mass is 357 g/mol. The van der Waals surface area contributed by atoms with Crippen molar-refractivity contribution in [2.45, 2.75) is 38.6 Å². The van der Waals surface area contributed by atoms with Crippen molar-refractivity contribution in [1.82, 2.24) is 14.9 Å². The molecule has 0 spiro atoms. The molecule has 0 amide bonds. The van der Waals surface area contributed by atoms with Gasteiger partial charge in [-0.15, -0.1) is 0 Å². The average Bonchev–Trinajstić information content (AvgIpc) is 2.64. The maximum Gasteiger partial charge on any atom is 0.159 e. The van der Waals surface area contributed by atoms with Gasteiger partial charge < -0.3 is 14.9 Å². The summed E-state index contributed by atoms with van der Waals surface area (Å²) in [6.07, 6.45) is 0.0903. The molecule has 3 rings (SSSR count). The first-order chi connectivity index (χ1) is 12.5. The normalized spacial score (nSPS) is 23.5. The summed E-state index contributed by atoms with van der Waals surface area (Å²) in [6, 6.07) is 11.5. The van der Waals surface area contributed by atoms with Gasteiger partial charge in [0.25, 0.3) is 0 Å². The zero-order valence-electron chi connectivity index (χ0n) is 15.3. The summed E-state index contributed by atoms with van der Waals surface area (Å²) < 4.78 is 5.47. The number of ether oxygens (including phenoxy) is 1. The van der Waals surface area contributed by atoms with Gasteiger partial charge in [0.05, 0.1) is 31.1 Å². The van der Waals surface area contributed by atoms with Crippen LogP contribution in [0.3, 0.4) is 0 Å². The van der Waals surface area contributed by atoms with Crippen LogP contribution in [0.4, 0.5) is 0 Å². The highest BCUT2D eigenvalue weighted by molar-refractivity contribution is 5.54. The lowest BCUT2D eigenvalue weighted by Crippen LogP contribution is -2.56. The number of aromatic nitrogens is 2. The Labute approximate surface area is 154 Å². The first-order valence-corrected chi connectivity index (χ1v) is 9.10. The van der Waals surface area contributed by atoms with Gasteiger partial charge in [0.1, 0.15) is 6.10 Å². The molecule has 2 N–H and O–H groups in total. The van der Waals surface area contributed by atoms with Gasteiger partial charge in [-0.05, 0) is 12.0 Å². The highest BCUT2D eigenvalue weighted by Crippen LogP contribution is 2.20. The Balaban J connectivity index is 1.81. The van der Waals surface area contributed by atoms with E-state index in [1.54, 1.807) is 6.20 Å². The number of rotatable bonds is 6. The lowest BCUT2D eigenvalue weighted by molar-refractivity contribution is -0.135. The Morgan fingerprint density at radius 1 is 1.15 bits per heavy atom. The van der Waals surface area contributed by atoms with E-state index in [1.807, 2.05) is 36.4 Å². The van der Waals surface area contributed by atoms with Crippen molar-refractivity contribution in [2.24, 2.45) is 5.92 Å². The molecule has 0 saturated carbocycles. The summed E-state index contributed by atoms with van der Waals surface area (Å²) in [6.45, 7) is 6.20. The standard InChI is InChI=1S/C20H27N3O3/c1-14(2)10-23(17-12-26-13-18(24)19(17)25)11-16-8-9-21-20(22-16)15-6-4-3-5-7-15/h3-9,14,17-19,24-25H,10-13H2,1-2H3/t17-,18-,19+/m1/s1. The Bertz CT molecular complexity index is 696. The molecule has 2 heterocycles. The molecule has 1 aromatic carbocycles. The maximum atomic E-state index is 10.4. The number of aliphatic hydroxyl groups excluding tert-OH is 2. The number of nitrogens with zero attached hydrogens (tertiary/aromatic N) is 3. The third-order valence-electron chi connectivity index (χ3n) is 4.54. The molecule has 1 aliphatic rings. The van der Waals surface area contributed by atoms with E-state index >= 15 is 0 Å². The van der Waals surface area contributed by atoms with Crippen LogP contribution in [-0.4, -0.2) is 63.1 Å². The Morgan fingerprint density at radius 3 is 2.65 bits per heavy atom. The predicted octanol–water partition coefficient (Wildman–Crippen LogP) is 1.72. The molecule has 1 aliphatic heterocycles. The van der Waals surface area contributed by atoms with E-state index in [0.29, 0.717) is 24.9 Å². The number of benzene rings is 1. The van der Waals surface area contributed by atoms with Crippen molar-refractivity contribution in [3.63, 3.8) is 0 Å². The van der Waals surface area contributed by atoms with Crippen LogP contribution >= 0.6 is 0 Å². The molecule has 26 heavy (non-hydrogen) atoms. The largest absolute Gasteiger partial charge is 0.389 e. The van der Waals surface area contributed by atoms with Crippen LogP contribution in [0.15, 0.2) is 42.6 Å². The first kappa shape index (κ1) is 18.9. The van der Waals surface area contributed by atoms with Crippen molar-refractivity contribution in [2.75, 3.05) is 19.8 Å². The lowest BCUT2D eigenvalue weighted by Gasteiger charge is -2.40. The summed E-state index contributed by atoms with van der Waals surface area (Å²) in [7, 11) is 0. The van der Waals surface area contributed by atoms with Crippen LogP contribution in [0.1, 0.15) is 19.5 Å². The molecule has 1 fully saturated rings. The van der Waals surface area contributed by atoms with E-state index in [9.17, 15) is 10.2 Å². The SMILES string of the molecule is CC(C)CN(Cc1ccnc(-c2ccccc2)n1)[C@@H]1COC[C@@H](O)[C@H]1O. The van der Waals surface area contributed by atoms with Crippen molar-refractivity contribution >= 4 is 0 Å². The molecule has 3 atom stereocenters. The topological polar surface area (TPSA) is 78.7 Å². The molecule has 2 aromatic rings. The van der Waals surface area contributed by atoms with Crippen molar-refractivity contribution in [1.29, 1.82) is 0 Å². The second-order valence-corrected chi connectivity index (χ2v) is 7.22. The van der Waals surface area contributed by atoms with Gasteiger partial charge in [0, 0.05) is 24.8 Å². The fourth-order valence-electron chi connectivity index (χ4n) is 3.29. The molecule has 0 unspecified atom stereocenters. The van der Waals surface area contributed by atoms with Gasteiger partial charge in [-0.3, -0.25) is 4.90 Å². The summed E-state index contributed by atoms with van der Waals surface area (Å²) >= 11 is 0. The fraction of sp³-hybridized carbons (Fsp3) is 0.500. The van der Waals surface area contributed by atoms with E-state index in [2.05, 4.69) is 23.7 Å². The highest BCUT2D eigenvalue weighted by atomic mass is 16.5. The fourth-order valence-corrected chi connectivity index (χ4v) is 3.29. The van der Waals surface area contributed by atoms with Crippen LogP contribution in [0.25, 0.3) is 11.4 Å². The smallest absolute Gasteiger partial charge is 0.159 e. The molecular formula is C20H27N3O3. The van der Waals surface area contributed by atoms with Crippen LogP contribution < -0.4 is 0 Å². The zero-order chi connectivity index (χ0) is 18.5. The van der Waals surface area contributed by atoms with Crippen LogP contribution in [0.2, 0.25) is 0 Å². The summed E-state index contributed by atoms with van der Waals surface area (Å²) in [5, 5.41) is 20.4. The van der Waals surface area contributed by atoms with Crippen LogP contribution in [0, 0.1) is 5.92 Å². The van der Waals surface area contributed by atoms with Gasteiger partial charge >= 0.3 is 0 Å². The highest BCUT2D eigenvalue weighted by Gasteiger charge is 2.35. The molecule has 1 saturated heterocycles. The van der Waals surface area contributed by atoms with Gasteiger partial charge in [-0.1, -0.05) is 44.2 Å². The number of hydrogen-bond acceptors (Lipinski definition) is 6. The zero-order valence-corrected chi connectivity index (χ0v) is 15.3. The predicted molar refractivity (Wildman–Crippen MR) is 99.3 cm³/mol. The molecule has 1 aromatic heterocycles. The van der Waals surface area contributed by atoms with Crippen molar-refractivity contribution < 1.29 is 14.9 Å². The van der Waals surface area contributed by atoms with E-state index in [-0.39, 0.29) is 12.6 Å². The van der Waals surface area contributed by atoms with E-state index in [0.717, 1.165) is 17.8 Å². The second-order valence-electron chi connectivity index (χ2n) is 7.22. The lowest BCUT2D eigenvalue weighted by atomic mass is 10.0. The van der Waals surface area contributed by atoms with Crippen molar-refractivity contribution in [3.8, 4) is 11.4 Å². The summed E-state index contributed by atoms with van der Waals surface area (Å²) in [5.74, 6) is 1.10. The Morgan fingerprint density at radius 2 is 1.92 bits per heavy atom. The maximum absolute atomic E-state index is 10.4.